The zero-order valence-electron chi connectivity index (χ0n) is 17.4. The lowest BCUT2D eigenvalue weighted by Gasteiger charge is -2.30. The monoisotopic (exact) mass is 419 g/mol. The third-order valence-corrected chi connectivity index (χ3v) is 5.62. The van der Waals surface area contributed by atoms with E-state index in [0.29, 0.717) is 42.4 Å². The molecular weight excluding hydrogens is 394 g/mol. The van der Waals surface area contributed by atoms with Crippen molar-refractivity contribution in [3.05, 3.63) is 65.5 Å². The molecule has 1 aliphatic heterocycles. The summed E-state index contributed by atoms with van der Waals surface area (Å²) in [4.78, 5) is 31.0. The number of hydrogen-bond acceptors (Lipinski definition) is 6. The van der Waals surface area contributed by atoms with Gasteiger partial charge >= 0.3 is 0 Å². The number of nitrogens with two attached hydrogens (primary N) is 1. The van der Waals surface area contributed by atoms with E-state index in [0.717, 1.165) is 24.2 Å². The first-order chi connectivity index (χ1) is 15.0. The van der Waals surface area contributed by atoms with Crippen molar-refractivity contribution in [2.24, 2.45) is 11.7 Å². The van der Waals surface area contributed by atoms with Gasteiger partial charge in [-0.05, 0) is 50.6 Å². The molecule has 0 unspecified atom stereocenters. The van der Waals surface area contributed by atoms with Crippen LogP contribution in [0.3, 0.4) is 0 Å². The number of hydrogen-bond donors (Lipinski definition) is 2. The lowest BCUT2D eigenvalue weighted by atomic mass is 9.95. The molecule has 160 valence electrons. The Balaban J connectivity index is 1.32. The highest BCUT2D eigenvalue weighted by Crippen LogP contribution is 2.24. The molecule has 8 nitrogen and oxygen atoms in total. The van der Waals surface area contributed by atoms with Crippen molar-refractivity contribution in [2.75, 3.05) is 18.4 Å². The molecule has 31 heavy (non-hydrogen) atoms. The Morgan fingerprint density at radius 2 is 1.84 bits per heavy atom. The first-order valence-corrected chi connectivity index (χ1v) is 10.3. The van der Waals surface area contributed by atoms with Gasteiger partial charge in [0.2, 0.25) is 17.6 Å². The number of amides is 2. The minimum atomic E-state index is -0.560. The van der Waals surface area contributed by atoms with Gasteiger partial charge in [-0.15, -0.1) is 0 Å². The van der Waals surface area contributed by atoms with E-state index < -0.39 is 5.91 Å². The van der Waals surface area contributed by atoms with Gasteiger partial charge in [-0.25, -0.2) is 0 Å². The number of piperidine rings is 1. The van der Waals surface area contributed by atoms with Crippen LogP contribution in [0, 0.1) is 12.8 Å². The quantitative estimate of drug-likeness (QED) is 0.635. The zero-order valence-corrected chi connectivity index (χ0v) is 17.4. The van der Waals surface area contributed by atoms with E-state index in [1.807, 2.05) is 31.2 Å². The number of para-hydroxylation sites is 1. The Morgan fingerprint density at radius 3 is 2.58 bits per heavy atom. The summed E-state index contributed by atoms with van der Waals surface area (Å²) >= 11 is 0. The summed E-state index contributed by atoms with van der Waals surface area (Å²) in [6.07, 6.45) is 1.42. The number of rotatable bonds is 6. The summed E-state index contributed by atoms with van der Waals surface area (Å²) in [5, 5.41) is 6.96. The number of carbonyl (C=O) groups excluding carboxylic acids is 2. The van der Waals surface area contributed by atoms with Gasteiger partial charge in [-0.3, -0.25) is 14.5 Å². The molecular formula is C23H25N5O3. The smallest absolute Gasteiger partial charge is 0.250 e. The van der Waals surface area contributed by atoms with Crippen LogP contribution in [-0.2, 0) is 11.3 Å². The van der Waals surface area contributed by atoms with E-state index in [4.69, 9.17) is 10.3 Å². The number of nitrogens with zero attached hydrogens (tertiary/aromatic N) is 3. The van der Waals surface area contributed by atoms with E-state index in [1.165, 1.54) is 0 Å². The summed E-state index contributed by atoms with van der Waals surface area (Å²) in [7, 11) is 0. The number of anilines is 1. The number of benzene rings is 2. The van der Waals surface area contributed by atoms with Crippen LogP contribution in [0.4, 0.5) is 5.69 Å². The van der Waals surface area contributed by atoms with E-state index in [1.54, 1.807) is 24.3 Å². The van der Waals surface area contributed by atoms with Crippen LogP contribution in [0.25, 0.3) is 11.4 Å². The molecule has 0 atom stereocenters. The minimum Gasteiger partial charge on any atom is -0.366 e. The average molecular weight is 419 g/mol. The second-order valence-electron chi connectivity index (χ2n) is 7.78. The number of likely N-dealkylation sites (tertiary alicyclic amines) is 1. The normalized spacial score (nSPS) is 15.0. The third kappa shape index (κ3) is 4.80. The number of carbonyl (C=O) groups is 2. The van der Waals surface area contributed by atoms with Crippen LogP contribution in [0.1, 0.15) is 34.7 Å². The summed E-state index contributed by atoms with van der Waals surface area (Å²) in [6, 6.07) is 14.7. The van der Waals surface area contributed by atoms with Crippen LogP contribution >= 0.6 is 0 Å². The molecule has 1 aliphatic rings. The highest BCUT2D eigenvalue weighted by Gasteiger charge is 2.26. The van der Waals surface area contributed by atoms with Crippen molar-refractivity contribution in [1.29, 1.82) is 0 Å². The van der Waals surface area contributed by atoms with Crippen molar-refractivity contribution in [3.8, 4) is 11.4 Å². The Bertz CT molecular complexity index is 1090. The first-order valence-electron chi connectivity index (χ1n) is 10.3. The lowest BCUT2D eigenvalue weighted by molar-refractivity contribution is -0.121. The van der Waals surface area contributed by atoms with Gasteiger partial charge in [0.25, 0.3) is 5.91 Å². The van der Waals surface area contributed by atoms with Crippen LogP contribution in [0.2, 0.25) is 0 Å². The molecule has 3 aromatic rings. The molecule has 2 aromatic carbocycles. The maximum absolute atomic E-state index is 12.7. The number of aromatic nitrogens is 2. The van der Waals surface area contributed by atoms with Crippen molar-refractivity contribution in [2.45, 2.75) is 26.3 Å². The zero-order chi connectivity index (χ0) is 21.8. The minimum absolute atomic E-state index is 0.0898. The molecule has 0 bridgehead atoms. The Labute approximate surface area is 180 Å². The third-order valence-electron chi connectivity index (χ3n) is 5.62. The maximum Gasteiger partial charge on any atom is 0.250 e. The van der Waals surface area contributed by atoms with Crippen LogP contribution in [0.5, 0.6) is 0 Å². The molecule has 1 saturated heterocycles. The van der Waals surface area contributed by atoms with Gasteiger partial charge in [0.1, 0.15) is 0 Å². The molecule has 4 rings (SSSR count). The molecule has 0 spiro atoms. The van der Waals surface area contributed by atoms with E-state index in [-0.39, 0.29) is 11.8 Å². The SMILES string of the molecule is Cc1ccccc1-c1noc(CN2CCC(C(=O)Nc3ccccc3C(N)=O)CC2)n1. The molecule has 2 amide bonds. The van der Waals surface area contributed by atoms with Crippen LogP contribution in [0.15, 0.2) is 53.1 Å². The fourth-order valence-corrected chi connectivity index (χ4v) is 3.84. The van der Waals surface area contributed by atoms with Crippen LogP contribution < -0.4 is 11.1 Å². The first kappa shape index (κ1) is 20.7. The van der Waals surface area contributed by atoms with Gasteiger partial charge in [0.15, 0.2) is 0 Å². The van der Waals surface area contributed by atoms with Gasteiger partial charge in [0.05, 0.1) is 17.8 Å². The second-order valence-corrected chi connectivity index (χ2v) is 7.78. The molecule has 3 N–H and O–H groups in total. The summed E-state index contributed by atoms with van der Waals surface area (Å²) in [6.45, 7) is 4.07. The second kappa shape index (κ2) is 9.09. The molecule has 0 radical (unpaired) electrons. The number of aryl methyl sites for hydroxylation is 1. The van der Waals surface area contributed by atoms with E-state index in [2.05, 4.69) is 20.4 Å². The Morgan fingerprint density at radius 1 is 1.13 bits per heavy atom. The fourth-order valence-electron chi connectivity index (χ4n) is 3.84. The molecule has 0 saturated carbocycles. The van der Waals surface area contributed by atoms with Crippen molar-refractivity contribution >= 4 is 17.5 Å². The molecule has 0 aliphatic carbocycles. The van der Waals surface area contributed by atoms with Crippen molar-refractivity contribution in [1.82, 2.24) is 15.0 Å². The molecule has 1 aromatic heterocycles. The fraction of sp³-hybridized carbons (Fsp3) is 0.304. The lowest BCUT2D eigenvalue weighted by Crippen LogP contribution is -2.38. The van der Waals surface area contributed by atoms with Crippen LogP contribution in [-0.4, -0.2) is 39.9 Å². The van der Waals surface area contributed by atoms with E-state index in [9.17, 15) is 9.59 Å². The largest absolute Gasteiger partial charge is 0.366 e. The average Bonchev–Trinajstić information content (AvgIpc) is 3.23. The van der Waals surface area contributed by atoms with Gasteiger partial charge in [-0.2, -0.15) is 4.98 Å². The highest BCUT2D eigenvalue weighted by atomic mass is 16.5. The standard InChI is InChI=1S/C23H25N5O3/c1-15-6-2-3-7-17(15)22-26-20(31-27-22)14-28-12-10-16(11-13-28)23(30)25-19-9-5-4-8-18(19)21(24)29/h2-9,16H,10-14H2,1H3,(H2,24,29)(H,25,30). The van der Waals surface area contributed by atoms with Crippen molar-refractivity contribution < 1.29 is 14.1 Å². The van der Waals surface area contributed by atoms with Crippen molar-refractivity contribution in [3.63, 3.8) is 0 Å². The Kier molecular flexibility index (Phi) is 6.08. The number of nitrogens with one attached hydrogen (secondary N) is 1. The van der Waals surface area contributed by atoms with E-state index >= 15 is 0 Å². The summed E-state index contributed by atoms with van der Waals surface area (Å²) < 4.78 is 5.44. The number of primary amides is 1. The molecule has 1 fully saturated rings. The highest BCUT2D eigenvalue weighted by molar-refractivity contribution is 6.03. The molecule has 8 heteroatoms. The maximum atomic E-state index is 12.7. The Hall–Kier alpha value is -3.52. The van der Waals surface area contributed by atoms with Gasteiger partial charge in [-0.1, -0.05) is 41.6 Å². The van der Waals surface area contributed by atoms with Gasteiger partial charge in [0, 0.05) is 11.5 Å². The van der Waals surface area contributed by atoms with Gasteiger partial charge < -0.3 is 15.6 Å². The summed E-state index contributed by atoms with van der Waals surface area (Å²) in [5.74, 6) is 0.387. The topological polar surface area (TPSA) is 114 Å². The summed E-state index contributed by atoms with van der Waals surface area (Å²) in [5.41, 5.74) is 8.22. The predicted octanol–water partition coefficient (Wildman–Crippen LogP) is 2.99. The predicted molar refractivity (Wildman–Crippen MR) is 116 cm³/mol. The molecule has 2 heterocycles.